The van der Waals surface area contributed by atoms with Gasteiger partial charge in [-0.05, 0) is 45.4 Å². The van der Waals surface area contributed by atoms with Gasteiger partial charge in [0, 0.05) is 6.54 Å². The highest BCUT2D eigenvalue weighted by Gasteiger charge is 2.18. The van der Waals surface area contributed by atoms with Crippen LogP contribution in [0.15, 0.2) is 0 Å². The maximum Gasteiger partial charge on any atom is 0.306 e. The number of likely N-dealkylation sites (tertiary alicyclic amines) is 1. The summed E-state index contributed by atoms with van der Waals surface area (Å²) in [5.74, 6) is -0.184. The van der Waals surface area contributed by atoms with Gasteiger partial charge in [0.25, 0.3) is 0 Å². The number of carbonyl (C=O) groups is 1. The third-order valence-corrected chi connectivity index (χ3v) is 3.10. The molecule has 0 aliphatic carbocycles. The third kappa shape index (κ3) is 4.62. The third-order valence-electron chi connectivity index (χ3n) is 3.10. The van der Waals surface area contributed by atoms with Crippen molar-refractivity contribution in [3.63, 3.8) is 0 Å². The van der Waals surface area contributed by atoms with Gasteiger partial charge in [-0.2, -0.15) is 0 Å². The van der Waals surface area contributed by atoms with Crippen molar-refractivity contribution >= 4 is 5.97 Å². The van der Waals surface area contributed by atoms with E-state index in [4.69, 9.17) is 5.11 Å². The zero-order valence-electron chi connectivity index (χ0n) is 9.70. The maximum atomic E-state index is 10.6. The zero-order valence-corrected chi connectivity index (χ0v) is 9.70. The normalized spacial score (nSPS) is 24.3. The van der Waals surface area contributed by atoms with Gasteiger partial charge in [0.15, 0.2) is 0 Å². The Kier molecular flexibility index (Phi) is 5.05. The number of hydrogen-bond donors (Lipinski definition) is 2. The van der Waals surface area contributed by atoms with Crippen LogP contribution in [0.1, 0.15) is 19.8 Å². The van der Waals surface area contributed by atoms with Crippen LogP contribution in [0.5, 0.6) is 0 Å². The predicted molar refractivity (Wildman–Crippen MR) is 59.9 cm³/mol. The van der Waals surface area contributed by atoms with Crippen LogP contribution >= 0.6 is 0 Å². The van der Waals surface area contributed by atoms with E-state index in [2.05, 4.69) is 17.3 Å². The SMILES string of the molecule is CC(CCNCC1CCN(C)C1)C(=O)O. The van der Waals surface area contributed by atoms with Crippen LogP contribution in [-0.2, 0) is 4.79 Å². The van der Waals surface area contributed by atoms with E-state index in [1.807, 2.05) is 0 Å². The Morgan fingerprint density at radius 1 is 1.67 bits per heavy atom. The molecular formula is C11H22N2O2. The highest BCUT2D eigenvalue weighted by molar-refractivity contribution is 5.69. The van der Waals surface area contributed by atoms with Crippen LogP contribution in [0.25, 0.3) is 0 Å². The molecule has 0 aromatic carbocycles. The van der Waals surface area contributed by atoms with Crippen molar-refractivity contribution < 1.29 is 9.90 Å². The van der Waals surface area contributed by atoms with E-state index >= 15 is 0 Å². The lowest BCUT2D eigenvalue weighted by atomic mass is 10.1. The van der Waals surface area contributed by atoms with Crippen molar-refractivity contribution in [2.45, 2.75) is 19.8 Å². The molecule has 0 amide bonds. The Morgan fingerprint density at radius 2 is 2.40 bits per heavy atom. The summed E-state index contributed by atoms with van der Waals surface area (Å²) in [6.45, 7) is 5.96. The summed E-state index contributed by atoms with van der Waals surface area (Å²) in [6.07, 6.45) is 1.98. The highest BCUT2D eigenvalue weighted by atomic mass is 16.4. The molecule has 15 heavy (non-hydrogen) atoms. The van der Waals surface area contributed by atoms with Crippen molar-refractivity contribution in [2.75, 3.05) is 33.2 Å². The van der Waals surface area contributed by atoms with Gasteiger partial charge >= 0.3 is 5.97 Å². The summed E-state index contributed by atoms with van der Waals surface area (Å²) in [4.78, 5) is 12.9. The maximum absolute atomic E-state index is 10.6. The molecule has 1 heterocycles. The summed E-state index contributed by atoms with van der Waals surface area (Å²) in [5, 5.41) is 12.0. The van der Waals surface area contributed by atoms with Crippen molar-refractivity contribution in [3.8, 4) is 0 Å². The van der Waals surface area contributed by atoms with Crippen LogP contribution in [0.4, 0.5) is 0 Å². The lowest BCUT2D eigenvalue weighted by Gasteiger charge is -2.12. The van der Waals surface area contributed by atoms with E-state index in [0.717, 1.165) is 25.4 Å². The van der Waals surface area contributed by atoms with Crippen molar-refractivity contribution in [3.05, 3.63) is 0 Å². The lowest BCUT2D eigenvalue weighted by molar-refractivity contribution is -0.141. The molecule has 88 valence electrons. The van der Waals surface area contributed by atoms with E-state index in [0.29, 0.717) is 0 Å². The molecule has 1 fully saturated rings. The summed E-state index contributed by atoms with van der Waals surface area (Å²) >= 11 is 0. The molecule has 0 aromatic rings. The van der Waals surface area contributed by atoms with Crippen LogP contribution in [0.3, 0.4) is 0 Å². The van der Waals surface area contributed by atoms with Gasteiger partial charge in [-0.25, -0.2) is 0 Å². The van der Waals surface area contributed by atoms with E-state index in [1.54, 1.807) is 6.92 Å². The molecule has 4 nitrogen and oxygen atoms in total. The smallest absolute Gasteiger partial charge is 0.306 e. The number of nitrogens with one attached hydrogen (secondary N) is 1. The van der Waals surface area contributed by atoms with E-state index in [-0.39, 0.29) is 5.92 Å². The Hall–Kier alpha value is -0.610. The molecule has 0 spiro atoms. The van der Waals surface area contributed by atoms with E-state index < -0.39 is 5.97 Å². The average molecular weight is 214 g/mol. The summed E-state index contributed by atoms with van der Waals surface area (Å²) < 4.78 is 0. The van der Waals surface area contributed by atoms with Gasteiger partial charge in [-0.3, -0.25) is 4.79 Å². The second kappa shape index (κ2) is 6.08. The molecule has 0 saturated carbocycles. The predicted octanol–water partition coefficient (Wildman–Crippen LogP) is 0.639. The van der Waals surface area contributed by atoms with Crippen LogP contribution in [-0.4, -0.2) is 49.2 Å². The topological polar surface area (TPSA) is 52.6 Å². The van der Waals surface area contributed by atoms with Crippen LogP contribution in [0, 0.1) is 11.8 Å². The fourth-order valence-electron chi connectivity index (χ4n) is 1.94. The molecule has 1 rings (SSSR count). The molecule has 2 unspecified atom stereocenters. The Morgan fingerprint density at radius 3 is 2.93 bits per heavy atom. The van der Waals surface area contributed by atoms with Crippen molar-refractivity contribution in [2.24, 2.45) is 11.8 Å². The molecule has 1 aliphatic heterocycles. The van der Waals surface area contributed by atoms with Crippen LogP contribution < -0.4 is 5.32 Å². The van der Waals surface area contributed by atoms with Gasteiger partial charge < -0.3 is 15.3 Å². The first kappa shape index (κ1) is 12.5. The minimum absolute atomic E-state index is 0.233. The first-order valence-corrected chi connectivity index (χ1v) is 5.71. The number of carboxylic acid groups (broad SMARTS) is 1. The van der Waals surface area contributed by atoms with Gasteiger partial charge in [-0.15, -0.1) is 0 Å². The Bertz CT molecular complexity index is 209. The van der Waals surface area contributed by atoms with Gasteiger partial charge in [0.05, 0.1) is 5.92 Å². The second-order valence-corrected chi connectivity index (χ2v) is 4.65. The van der Waals surface area contributed by atoms with Crippen LogP contribution in [0.2, 0.25) is 0 Å². The summed E-state index contributed by atoms with van der Waals surface area (Å²) in [7, 11) is 2.15. The zero-order chi connectivity index (χ0) is 11.3. The lowest BCUT2D eigenvalue weighted by Crippen LogP contribution is -2.27. The summed E-state index contributed by atoms with van der Waals surface area (Å²) in [6, 6.07) is 0. The quantitative estimate of drug-likeness (QED) is 0.637. The van der Waals surface area contributed by atoms with Gasteiger partial charge in [0.1, 0.15) is 0 Å². The fourth-order valence-corrected chi connectivity index (χ4v) is 1.94. The monoisotopic (exact) mass is 214 g/mol. The molecule has 0 radical (unpaired) electrons. The summed E-state index contributed by atoms with van der Waals surface area (Å²) in [5.41, 5.74) is 0. The Labute approximate surface area is 91.6 Å². The molecule has 1 saturated heterocycles. The second-order valence-electron chi connectivity index (χ2n) is 4.65. The number of aliphatic carboxylic acids is 1. The highest BCUT2D eigenvalue weighted by Crippen LogP contribution is 2.12. The molecule has 0 aromatic heterocycles. The van der Waals surface area contributed by atoms with Gasteiger partial charge in [-0.1, -0.05) is 6.92 Å². The average Bonchev–Trinajstić information content (AvgIpc) is 2.58. The Balaban J connectivity index is 2.00. The molecule has 1 aliphatic rings. The van der Waals surface area contributed by atoms with Crippen molar-refractivity contribution in [1.82, 2.24) is 10.2 Å². The standard InChI is InChI=1S/C11H22N2O2/c1-9(11(14)15)3-5-12-7-10-4-6-13(2)8-10/h9-10,12H,3-8H2,1-2H3,(H,14,15). The first-order valence-electron chi connectivity index (χ1n) is 5.71. The number of carboxylic acids is 1. The van der Waals surface area contributed by atoms with Gasteiger partial charge in [0.2, 0.25) is 0 Å². The molecule has 0 bridgehead atoms. The van der Waals surface area contributed by atoms with E-state index in [9.17, 15) is 4.79 Å². The van der Waals surface area contributed by atoms with Crippen molar-refractivity contribution in [1.29, 1.82) is 0 Å². The molecular weight excluding hydrogens is 192 g/mol. The molecule has 4 heteroatoms. The fraction of sp³-hybridized carbons (Fsp3) is 0.909. The van der Waals surface area contributed by atoms with E-state index in [1.165, 1.54) is 19.5 Å². The largest absolute Gasteiger partial charge is 0.481 e. The minimum atomic E-state index is -0.697. The first-order chi connectivity index (χ1) is 7.09. The minimum Gasteiger partial charge on any atom is -0.481 e. The number of rotatable bonds is 6. The molecule has 2 N–H and O–H groups in total. The number of nitrogens with zero attached hydrogens (tertiary/aromatic N) is 1. The molecule has 2 atom stereocenters. The number of hydrogen-bond acceptors (Lipinski definition) is 3.